The van der Waals surface area contributed by atoms with Crippen LogP contribution < -0.4 is 5.19 Å². The first-order valence-corrected chi connectivity index (χ1v) is 15.1. The topological polar surface area (TPSA) is 20.2 Å². The number of hydrogen-bond acceptors (Lipinski definition) is 1. The number of hydrogen-bond donors (Lipinski definition) is 1. The van der Waals surface area contributed by atoms with Crippen molar-refractivity contribution in [3.05, 3.63) is 52.8 Å². The molecule has 1 aromatic rings. The molecular weight excluding hydrogens is 300 g/mol. The van der Waals surface area contributed by atoms with E-state index in [0.29, 0.717) is 5.76 Å². The van der Waals surface area contributed by atoms with Crippen LogP contribution in [0.3, 0.4) is 0 Å². The van der Waals surface area contributed by atoms with Crippen molar-refractivity contribution in [2.75, 3.05) is 0 Å². The normalized spacial score (nSPS) is 25.4. The number of benzene rings is 1. The van der Waals surface area contributed by atoms with Gasteiger partial charge in [-0.2, -0.15) is 0 Å². The van der Waals surface area contributed by atoms with Crippen molar-refractivity contribution in [1.82, 2.24) is 0 Å². The van der Waals surface area contributed by atoms with Crippen LogP contribution in [0.15, 0.2) is 36.1 Å². The Morgan fingerprint density at radius 1 is 1.27 bits per heavy atom. The van der Waals surface area contributed by atoms with E-state index >= 15 is 0 Å². The van der Waals surface area contributed by atoms with Crippen LogP contribution in [-0.2, 0) is 6.42 Å². The predicted molar refractivity (Wildman–Crippen MR) is 101 cm³/mol. The summed E-state index contributed by atoms with van der Waals surface area (Å²) in [5.74, 6) is 0.696. The van der Waals surface area contributed by atoms with Crippen LogP contribution in [-0.4, -0.2) is 20.3 Å². The van der Waals surface area contributed by atoms with E-state index in [1.807, 2.05) is 0 Å². The summed E-state index contributed by atoms with van der Waals surface area (Å²) in [6.07, 6.45) is 8.55. The van der Waals surface area contributed by atoms with Gasteiger partial charge in [0, 0.05) is 6.42 Å². The van der Waals surface area contributed by atoms with Crippen LogP contribution in [0, 0.1) is 0 Å². The summed E-state index contributed by atoms with van der Waals surface area (Å²) in [6.45, 7) is 9.98. The molecule has 1 N–H and O–H groups in total. The maximum Gasteiger partial charge on any atom is 0.114 e. The quantitative estimate of drug-likeness (QED) is 0.812. The van der Waals surface area contributed by atoms with Crippen molar-refractivity contribution in [2.24, 2.45) is 0 Å². The third-order valence-electron chi connectivity index (χ3n) is 6.54. The molecule has 0 radical (unpaired) electrons. The van der Waals surface area contributed by atoms with Crippen LogP contribution in [0.25, 0.3) is 10.8 Å². The molecule has 0 saturated heterocycles. The molecule has 114 valence electrons. The Morgan fingerprint density at radius 3 is 2.68 bits per heavy atom. The molecule has 0 amide bonds. The van der Waals surface area contributed by atoms with Crippen molar-refractivity contribution in [2.45, 2.75) is 45.5 Å². The molecule has 0 saturated carbocycles. The Hall–Kier alpha value is -1.33. The second kappa shape index (κ2) is 4.36. The van der Waals surface area contributed by atoms with Crippen LogP contribution in [0.2, 0.25) is 25.7 Å². The Kier molecular flexibility index (Phi) is 2.83. The summed E-state index contributed by atoms with van der Waals surface area (Å²) in [6, 6.07) is 5.89. The average molecular weight is 325 g/mol. The summed E-state index contributed by atoms with van der Waals surface area (Å²) in [4.78, 5) is 0. The Labute approximate surface area is 134 Å². The fourth-order valence-electron chi connectivity index (χ4n) is 4.56. The van der Waals surface area contributed by atoms with E-state index in [2.05, 4.69) is 56.9 Å². The lowest BCUT2D eigenvalue weighted by Gasteiger charge is -2.52. The minimum Gasteiger partial charge on any atom is -0.512 e. The highest BCUT2D eigenvalue weighted by atomic mass is 29.3. The molecule has 22 heavy (non-hydrogen) atoms. The smallest absolute Gasteiger partial charge is 0.114 e. The fraction of sp³-hybridized carbons (Fsp3) is 0.368. The summed E-state index contributed by atoms with van der Waals surface area (Å²) in [5, 5.41) is 13.7. The molecule has 3 aliphatic rings. The lowest BCUT2D eigenvalue weighted by Crippen LogP contribution is -2.73. The molecule has 2 aliphatic carbocycles. The van der Waals surface area contributed by atoms with Crippen LogP contribution in [0.4, 0.5) is 0 Å². The van der Waals surface area contributed by atoms with Gasteiger partial charge in [0.15, 0.2) is 0 Å². The van der Waals surface area contributed by atoms with Gasteiger partial charge in [-0.1, -0.05) is 63.0 Å². The Bertz CT molecular complexity index is 783. The third kappa shape index (κ3) is 1.48. The van der Waals surface area contributed by atoms with E-state index in [1.165, 1.54) is 33.5 Å². The lowest BCUT2D eigenvalue weighted by atomic mass is 9.99. The second-order valence-electron chi connectivity index (χ2n) is 7.71. The summed E-state index contributed by atoms with van der Waals surface area (Å²) >= 11 is 0. The molecule has 1 nitrogen and oxygen atoms in total. The lowest BCUT2D eigenvalue weighted by molar-refractivity contribution is 0.406. The number of rotatable bonds is 3. The molecule has 4 rings (SSSR count). The largest absolute Gasteiger partial charge is 0.512 e. The van der Waals surface area contributed by atoms with E-state index in [0.717, 1.165) is 12.8 Å². The van der Waals surface area contributed by atoms with Gasteiger partial charge in [-0.25, -0.2) is 0 Å². The SMILES string of the molecule is CC[Si](C)(C)[Si]1(C)C2=C(O)Cc3ccc(C4=CC=CC4)c1c32. The third-order valence-corrected chi connectivity index (χ3v) is 24.8. The summed E-state index contributed by atoms with van der Waals surface area (Å²) in [5.41, 5.74) is 5.78. The zero-order valence-corrected chi connectivity index (χ0v) is 16.0. The zero-order valence-electron chi connectivity index (χ0n) is 14.0. The molecule has 1 aliphatic heterocycles. The van der Waals surface area contributed by atoms with Gasteiger partial charge >= 0.3 is 0 Å². The highest BCUT2D eigenvalue weighted by molar-refractivity contribution is 7.55. The molecule has 0 spiro atoms. The van der Waals surface area contributed by atoms with Crippen molar-refractivity contribution < 1.29 is 5.11 Å². The van der Waals surface area contributed by atoms with Gasteiger partial charge in [0.25, 0.3) is 0 Å². The van der Waals surface area contributed by atoms with E-state index in [-0.39, 0.29) is 0 Å². The average Bonchev–Trinajstić information content (AvgIpc) is 3.10. The minimum atomic E-state index is -1.70. The molecule has 1 aromatic carbocycles. The summed E-state index contributed by atoms with van der Waals surface area (Å²) in [7, 11) is -3.07. The van der Waals surface area contributed by atoms with E-state index in [4.69, 9.17) is 0 Å². The van der Waals surface area contributed by atoms with Gasteiger partial charge < -0.3 is 5.11 Å². The molecule has 1 unspecified atom stereocenters. The van der Waals surface area contributed by atoms with Gasteiger partial charge in [0.1, 0.15) is 7.59 Å². The molecular formula is C19H24OSi2. The molecule has 3 heteroatoms. The molecule has 1 atom stereocenters. The van der Waals surface area contributed by atoms with Crippen molar-refractivity contribution in [3.63, 3.8) is 0 Å². The van der Waals surface area contributed by atoms with Crippen LogP contribution in [0.1, 0.15) is 30.0 Å². The van der Waals surface area contributed by atoms with E-state index in [9.17, 15) is 5.11 Å². The Balaban J connectivity index is 2.00. The number of aliphatic hydroxyl groups is 1. The molecule has 0 aromatic heterocycles. The Morgan fingerprint density at radius 2 is 2.05 bits per heavy atom. The molecule has 0 bridgehead atoms. The van der Waals surface area contributed by atoms with Crippen LogP contribution >= 0.6 is 0 Å². The zero-order chi connectivity index (χ0) is 15.7. The van der Waals surface area contributed by atoms with E-state index < -0.39 is 15.2 Å². The van der Waals surface area contributed by atoms with Gasteiger partial charge in [-0.3, -0.25) is 0 Å². The number of aliphatic hydroxyl groups excluding tert-OH is 1. The van der Waals surface area contributed by atoms with Gasteiger partial charge in [0.2, 0.25) is 0 Å². The number of allylic oxidation sites excluding steroid dienone is 5. The van der Waals surface area contributed by atoms with Crippen molar-refractivity contribution in [1.29, 1.82) is 0 Å². The van der Waals surface area contributed by atoms with Crippen molar-refractivity contribution >= 4 is 31.1 Å². The molecule has 1 heterocycles. The summed E-state index contributed by atoms with van der Waals surface area (Å²) < 4.78 is 0. The monoisotopic (exact) mass is 324 g/mol. The van der Waals surface area contributed by atoms with Crippen molar-refractivity contribution in [3.8, 4) is 0 Å². The van der Waals surface area contributed by atoms with Gasteiger partial charge in [-0.15, -0.1) is 0 Å². The first kappa shape index (κ1) is 14.3. The maximum absolute atomic E-state index is 10.6. The highest BCUT2D eigenvalue weighted by Gasteiger charge is 2.60. The maximum atomic E-state index is 10.6. The standard InChI is InChI=1S/C19H24OSi2/c1-5-21(2,3)22(4)18-15(13-8-6-7-9-13)11-10-14-12-16(20)19(22)17(14)18/h6-8,10-11,20H,5,9,12H2,1-4H3. The predicted octanol–water partition coefficient (Wildman–Crippen LogP) is 4.50. The first-order chi connectivity index (χ1) is 10.4. The first-order valence-electron chi connectivity index (χ1n) is 8.37. The molecule has 0 fully saturated rings. The fourth-order valence-corrected chi connectivity index (χ4v) is 17.5. The highest BCUT2D eigenvalue weighted by Crippen LogP contribution is 2.51. The minimum absolute atomic E-state index is 0.696. The van der Waals surface area contributed by atoms with E-state index in [1.54, 1.807) is 5.19 Å². The van der Waals surface area contributed by atoms with Crippen LogP contribution in [0.5, 0.6) is 0 Å². The second-order valence-corrected chi connectivity index (χ2v) is 22.5. The van der Waals surface area contributed by atoms with Gasteiger partial charge in [0.05, 0.1) is 13.4 Å². The van der Waals surface area contributed by atoms with Gasteiger partial charge in [-0.05, 0) is 39.1 Å².